The smallest absolute Gasteiger partial charge is 0.153 e. The first-order valence-corrected chi connectivity index (χ1v) is 6.65. The van der Waals surface area contributed by atoms with E-state index in [0.717, 1.165) is 25.9 Å². The Hall–Kier alpha value is -0.770. The van der Waals surface area contributed by atoms with Gasteiger partial charge in [-0.15, -0.1) is 0 Å². The first-order chi connectivity index (χ1) is 8.70. The van der Waals surface area contributed by atoms with Gasteiger partial charge in [0.25, 0.3) is 0 Å². The number of carbonyl (C=O) groups excluding carboxylic acids is 1. The lowest BCUT2D eigenvalue weighted by Gasteiger charge is -2.13. The van der Waals surface area contributed by atoms with Crippen LogP contribution < -0.4 is 4.74 Å². The molecule has 1 aromatic carbocycles. The minimum Gasteiger partial charge on any atom is -0.491 e. The van der Waals surface area contributed by atoms with Crippen LogP contribution in [0.1, 0.15) is 29.6 Å². The van der Waals surface area contributed by atoms with Gasteiger partial charge < -0.3 is 9.47 Å². The fraction of sp³-hybridized carbons (Fsp3) is 0.462. The van der Waals surface area contributed by atoms with Gasteiger partial charge in [-0.25, -0.2) is 0 Å². The lowest BCUT2D eigenvalue weighted by Crippen LogP contribution is -2.11. The lowest BCUT2D eigenvalue weighted by atomic mass is 10.2. The summed E-state index contributed by atoms with van der Waals surface area (Å²) in [6.07, 6.45) is 3.93. The van der Waals surface area contributed by atoms with Crippen molar-refractivity contribution in [3.8, 4) is 5.75 Å². The second kappa shape index (κ2) is 6.41. The van der Waals surface area contributed by atoms with Crippen molar-refractivity contribution >= 4 is 29.5 Å². The van der Waals surface area contributed by atoms with Crippen LogP contribution >= 0.6 is 23.2 Å². The number of hydrogen-bond acceptors (Lipinski definition) is 3. The van der Waals surface area contributed by atoms with Gasteiger partial charge in [-0.05, 0) is 25.0 Å². The largest absolute Gasteiger partial charge is 0.491 e. The number of hydrogen-bond donors (Lipinski definition) is 0. The summed E-state index contributed by atoms with van der Waals surface area (Å²) in [7, 11) is 0. The highest BCUT2D eigenvalue weighted by molar-refractivity contribution is 6.36. The molecule has 1 unspecified atom stereocenters. The highest BCUT2D eigenvalue weighted by Gasteiger charge is 2.16. The molecule has 1 heterocycles. The summed E-state index contributed by atoms with van der Waals surface area (Å²) in [6.45, 7) is 1.30. The Bertz CT molecular complexity index is 428. The van der Waals surface area contributed by atoms with E-state index in [1.165, 1.54) is 0 Å². The van der Waals surface area contributed by atoms with Crippen LogP contribution in [0.4, 0.5) is 0 Å². The monoisotopic (exact) mass is 288 g/mol. The van der Waals surface area contributed by atoms with Gasteiger partial charge in [0.15, 0.2) is 6.29 Å². The maximum Gasteiger partial charge on any atom is 0.153 e. The van der Waals surface area contributed by atoms with Gasteiger partial charge in [-0.2, -0.15) is 0 Å². The number of halogens is 2. The molecule has 0 aliphatic carbocycles. The summed E-state index contributed by atoms with van der Waals surface area (Å²) in [4.78, 5) is 10.9. The minimum atomic E-state index is 0.260. The zero-order valence-electron chi connectivity index (χ0n) is 9.83. The third kappa shape index (κ3) is 3.37. The molecule has 0 spiro atoms. The third-order valence-corrected chi connectivity index (χ3v) is 3.37. The lowest BCUT2D eigenvalue weighted by molar-refractivity contribution is 0.0901. The molecule has 1 aliphatic rings. The molecule has 3 nitrogen and oxygen atoms in total. The SMILES string of the molecule is O=Cc1cc(Cl)cc(Cl)c1OCCC1CCCO1. The van der Waals surface area contributed by atoms with Gasteiger partial charge in [0, 0.05) is 18.1 Å². The van der Waals surface area contributed by atoms with E-state index in [0.29, 0.717) is 34.3 Å². The van der Waals surface area contributed by atoms with Gasteiger partial charge in [0.05, 0.1) is 23.3 Å². The normalized spacial score (nSPS) is 18.9. The summed E-state index contributed by atoms with van der Waals surface area (Å²) >= 11 is 11.8. The first-order valence-electron chi connectivity index (χ1n) is 5.89. The molecule has 2 rings (SSSR count). The van der Waals surface area contributed by atoms with Crippen LogP contribution in [0.3, 0.4) is 0 Å². The van der Waals surface area contributed by atoms with Crippen molar-refractivity contribution in [2.75, 3.05) is 13.2 Å². The number of aldehydes is 1. The van der Waals surface area contributed by atoms with Gasteiger partial charge in [-0.1, -0.05) is 23.2 Å². The molecule has 0 amide bonds. The number of ether oxygens (including phenoxy) is 2. The van der Waals surface area contributed by atoms with Gasteiger partial charge in [-0.3, -0.25) is 4.79 Å². The average molecular weight is 289 g/mol. The molecule has 1 fully saturated rings. The maximum atomic E-state index is 10.9. The van der Waals surface area contributed by atoms with Crippen molar-refractivity contribution in [3.63, 3.8) is 0 Å². The summed E-state index contributed by atoms with van der Waals surface area (Å²) in [5.41, 5.74) is 0.375. The van der Waals surface area contributed by atoms with E-state index in [4.69, 9.17) is 32.7 Å². The van der Waals surface area contributed by atoms with Crippen LogP contribution in [0.5, 0.6) is 5.75 Å². The predicted molar refractivity (Wildman–Crippen MR) is 70.9 cm³/mol. The van der Waals surface area contributed by atoms with E-state index in [-0.39, 0.29) is 6.10 Å². The molecule has 0 bridgehead atoms. The van der Waals surface area contributed by atoms with E-state index in [2.05, 4.69) is 0 Å². The van der Waals surface area contributed by atoms with Crippen LogP contribution in [0.25, 0.3) is 0 Å². The molecule has 0 radical (unpaired) electrons. The molecule has 98 valence electrons. The Morgan fingerprint density at radius 3 is 2.94 bits per heavy atom. The van der Waals surface area contributed by atoms with Crippen molar-refractivity contribution in [1.29, 1.82) is 0 Å². The fourth-order valence-corrected chi connectivity index (χ4v) is 2.55. The maximum absolute atomic E-state index is 10.9. The summed E-state index contributed by atoms with van der Waals surface area (Å²) < 4.78 is 11.1. The second-order valence-corrected chi connectivity index (χ2v) is 5.04. The zero-order valence-corrected chi connectivity index (χ0v) is 11.3. The van der Waals surface area contributed by atoms with Crippen LogP contribution in [-0.2, 0) is 4.74 Å². The molecule has 5 heteroatoms. The summed E-state index contributed by atoms with van der Waals surface area (Å²) in [5, 5.41) is 0.783. The molecule has 18 heavy (non-hydrogen) atoms. The van der Waals surface area contributed by atoms with Crippen LogP contribution in [0.2, 0.25) is 10.0 Å². The van der Waals surface area contributed by atoms with Crippen LogP contribution in [0.15, 0.2) is 12.1 Å². The quantitative estimate of drug-likeness (QED) is 0.774. The van der Waals surface area contributed by atoms with Gasteiger partial charge in [0.1, 0.15) is 5.75 Å². The van der Waals surface area contributed by atoms with Crippen molar-refractivity contribution in [3.05, 3.63) is 27.7 Å². The van der Waals surface area contributed by atoms with E-state index in [1.807, 2.05) is 0 Å². The van der Waals surface area contributed by atoms with E-state index in [9.17, 15) is 4.79 Å². The predicted octanol–water partition coefficient (Wildman–Crippen LogP) is 3.75. The highest BCUT2D eigenvalue weighted by atomic mass is 35.5. The number of benzene rings is 1. The van der Waals surface area contributed by atoms with Crippen molar-refractivity contribution in [2.45, 2.75) is 25.4 Å². The molecule has 1 saturated heterocycles. The van der Waals surface area contributed by atoms with E-state index in [1.54, 1.807) is 12.1 Å². The second-order valence-electron chi connectivity index (χ2n) is 4.20. The Kier molecular flexibility index (Phi) is 4.87. The van der Waals surface area contributed by atoms with Crippen LogP contribution in [-0.4, -0.2) is 25.6 Å². The van der Waals surface area contributed by atoms with Crippen molar-refractivity contribution in [2.24, 2.45) is 0 Å². The third-order valence-electron chi connectivity index (χ3n) is 2.87. The standard InChI is InChI=1S/C13H14Cl2O3/c14-10-6-9(8-16)13(12(15)7-10)18-5-3-11-2-1-4-17-11/h6-8,11H,1-5H2. The molecule has 1 aromatic rings. The molecule has 1 aliphatic heterocycles. The Morgan fingerprint density at radius 2 is 2.28 bits per heavy atom. The van der Waals surface area contributed by atoms with Gasteiger partial charge in [0.2, 0.25) is 0 Å². The molecular weight excluding hydrogens is 275 g/mol. The molecule has 0 aromatic heterocycles. The molecular formula is C13H14Cl2O3. The van der Waals surface area contributed by atoms with Crippen molar-refractivity contribution < 1.29 is 14.3 Å². The Labute approximate surface area is 116 Å². The Morgan fingerprint density at radius 1 is 1.44 bits per heavy atom. The van der Waals surface area contributed by atoms with Crippen LogP contribution in [0, 0.1) is 0 Å². The van der Waals surface area contributed by atoms with Gasteiger partial charge >= 0.3 is 0 Å². The zero-order chi connectivity index (χ0) is 13.0. The summed E-state index contributed by atoms with van der Waals surface area (Å²) in [5.74, 6) is 0.397. The molecule has 0 saturated carbocycles. The van der Waals surface area contributed by atoms with E-state index < -0.39 is 0 Å². The number of rotatable bonds is 5. The summed E-state index contributed by atoms with van der Waals surface area (Å²) in [6, 6.07) is 3.11. The number of carbonyl (C=O) groups is 1. The van der Waals surface area contributed by atoms with E-state index >= 15 is 0 Å². The molecule has 0 N–H and O–H groups in total. The fourth-order valence-electron chi connectivity index (χ4n) is 1.98. The Balaban J connectivity index is 1.97. The van der Waals surface area contributed by atoms with Crippen molar-refractivity contribution in [1.82, 2.24) is 0 Å². The topological polar surface area (TPSA) is 35.5 Å². The first kappa shape index (κ1) is 13.7. The minimum absolute atomic E-state index is 0.260. The average Bonchev–Trinajstić information content (AvgIpc) is 2.84. The molecule has 1 atom stereocenters. The highest BCUT2D eigenvalue weighted by Crippen LogP contribution is 2.31.